The molecule has 4 heteroatoms. The van der Waals surface area contributed by atoms with E-state index in [4.69, 9.17) is 0 Å². The second-order valence-corrected chi connectivity index (χ2v) is 6.49. The molecule has 0 fully saturated rings. The van der Waals surface area contributed by atoms with Crippen molar-refractivity contribution in [3.8, 4) is 0 Å². The first kappa shape index (κ1) is 13.6. The molecule has 0 bridgehead atoms. The molecule has 2 aromatic heterocycles. The van der Waals surface area contributed by atoms with Gasteiger partial charge in [0, 0.05) is 24.2 Å². The van der Waals surface area contributed by atoms with Crippen LogP contribution in [0.1, 0.15) is 20.8 Å². The summed E-state index contributed by atoms with van der Waals surface area (Å²) in [5.41, 5.74) is 0.755. The lowest BCUT2D eigenvalue weighted by atomic mass is 9.97. The Labute approximate surface area is 123 Å². The maximum absolute atomic E-state index is 12.3. The van der Waals surface area contributed by atoms with Crippen LogP contribution >= 0.6 is 0 Å². The molecule has 1 N–H and O–H groups in total. The van der Waals surface area contributed by atoms with Gasteiger partial charge in [0.2, 0.25) is 0 Å². The SMILES string of the molecule is CC(C)(C)CNc1cc(=O)n2ccc3ccccc3c2n1. The standard InChI is InChI=1S/C17H19N3O/c1-17(2,3)11-18-14-10-15(21)20-9-8-12-6-4-5-7-13(12)16(20)19-14/h4-10,18H,11H2,1-3H3. The minimum absolute atomic E-state index is 0.0674. The molecule has 2 heterocycles. The third-order valence-corrected chi connectivity index (χ3v) is 3.36. The first-order valence-electron chi connectivity index (χ1n) is 7.09. The molecule has 0 unspecified atom stereocenters. The number of fused-ring (bicyclic) bond motifs is 3. The van der Waals surface area contributed by atoms with E-state index in [0.717, 1.165) is 17.3 Å². The van der Waals surface area contributed by atoms with Crippen LogP contribution in [0.5, 0.6) is 0 Å². The summed E-state index contributed by atoms with van der Waals surface area (Å²) in [5, 5.41) is 5.32. The summed E-state index contributed by atoms with van der Waals surface area (Å²) >= 11 is 0. The molecular formula is C17H19N3O. The molecule has 0 saturated carbocycles. The van der Waals surface area contributed by atoms with E-state index < -0.39 is 0 Å². The molecule has 108 valence electrons. The van der Waals surface area contributed by atoms with Crippen LogP contribution in [0.15, 0.2) is 47.4 Å². The van der Waals surface area contributed by atoms with Gasteiger partial charge in [-0.2, -0.15) is 0 Å². The minimum Gasteiger partial charge on any atom is -0.369 e. The maximum Gasteiger partial charge on any atom is 0.259 e. The number of hydrogen-bond donors (Lipinski definition) is 1. The van der Waals surface area contributed by atoms with E-state index in [2.05, 4.69) is 31.1 Å². The van der Waals surface area contributed by atoms with E-state index >= 15 is 0 Å². The summed E-state index contributed by atoms with van der Waals surface area (Å²) in [6.45, 7) is 7.19. The number of nitrogens with one attached hydrogen (secondary N) is 1. The summed E-state index contributed by atoms with van der Waals surface area (Å²) in [6, 6.07) is 11.4. The highest BCUT2D eigenvalue weighted by molar-refractivity contribution is 5.93. The molecule has 0 aliphatic carbocycles. The van der Waals surface area contributed by atoms with Gasteiger partial charge in [0.25, 0.3) is 5.56 Å². The van der Waals surface area contributed by atoms with Crippen LogP contribution in [-0.2, 0) is 0 Å². The van der Waals surface area contributed by atoms with Gasteiger partial charge in [-0.05, 0) is 16.9 Å². The van der Waals surface area contributed by atoms with Crippen LogP contribution < -0.4 is 10.9 Å². The zero-order valence-corrected chi connectivity index (χ0v) is 12.6. The van der Waals surface area contributed by atoms with Crippen LogP contribution in [0, 0.1) is 5.41 Å². The van der Waals surface area contributed by atoms with Crippen molar-refractivity contribution in [2.45, 2.75) is 20.8 Å². The lowest BCUT2D eigenvalue weighted by Crippen LogP contribution is -2.22. The third-order valence-electron chi connectivity index (χ3n) is 3.36. The van der Waals surface area contributed by atoms with Crippen LogP contribution in [0.25, 0.3) is 16.4 Å². The van der Waals surface area contributed by atoms with E-state index in [1.165, 1.54) is 0 Å². The number of anilines is 1. The van der Waals surface area contributed by atoms with Gasteiger partial charge in [0.05, 0.1) is 0 Å². The number of hydrogen-bond acceptors (Lipinski definition) is 3. The summed E-state index contributed by atoms with van der Waals surface area (Å²) < 4.78 is 1.59. The molecule has 0 saturated heterocycles. The van der Waals surface area contributed by atoms with E-state index in [-0.39, 0.29) is 11.0 Å². The molecule has 4 nitrogen and oxygen atoms in total. The maximum atomic E-state index is 12.3. The lowest BCUT2D eigenvalue weighted by Gasteiger charge is -2.19. The van der Waals surface area contributed by atoms with Crippen molar-refractivity contribution >= 4 is 22.2 Å². The average Bonchev–Trinajstić information content (AvgIpc) is 2.44. The zero-order chi connectivity index (χ0) is 15.0. The Bertz CT molecular complexity index is 859. The number of pyridine rings is 1. The molecule has 0 aliphatic heterocycles. The predicted molar refractivity (Wildman–Crippen MR) is 86.9 cm³/mol. The number of benzene rings is 1. The summed E-state index contributed by atoms with van der Waals surface area (Å²) in [6.07, 6.45) is 1.78. The predicted octanol–water partition coefficient (Wildman–Crippen LogP) is 3.31. The van der Waals surface area contributed by atoms with Crippen molar-refractivity contribution in [1.29, 1.82) is 0 Å². The normalized spacial score (nSPS) is 12.0. The van der Waals surface area contributed by atoms with Crippen molar-refractivity contribution in [3.63, 3.8) is 0 Å². The molecule has 3 aromatic rings. The minimum atomic E-state index is -0.0674. The monoisotopic (exact) mass is 281 g/mol. The summed E-state index contributed by atoms with van der Waals surface area (Å²) in [7, 11) is 0. The van der Waals surface area contributed by atoms with E-state index in [1.54, 1.807) is 16.7 Å². The van der Waals surface area contributed by atoms with Gasteiger partial charge in [0.1, 0.15) is 11.5 Å². The second kappa shape index (κ2) is 4.88. The topological polar surface area (TPSA) is 46.4 Å². The Hall–Kier alpha value is -2.36. The molecular weight excluding hydrogens is 262 g/mol. The van der Waals surface area contributed by atoms with Gasteiger partial charge >= 0.3 is 0 Å². The average molecular weight is 281 g/mol. The molecule has 0 radical (unpaired) electrons. The Morgan fingerprint density at radius 2 is 1.95 bits per heavy atom. The first-order valence-corrected chi connectivity index (χ1v) is 7.09. The molecule has 0 spiro atoms. The van der Waals surface area contributed by atoms with Gasteiger partial charge in [-0.3, -0.25) is 9.20 Å². The van der Waals surface area contributed by atoms with E-state index in [0.29, 0.717) is 11.5 Å². The van der Waals surface area contributed by atoms with Gasteiger partial charge in [-0.15, -0.1) is 0 Å². The smallest absolute Gasteiger partial charge is 0.259 e. The Balaban J connectivity index is 2.17. The highest BCUT2D eigenvalue weighted by atomic mass is 16.1. The fraction of sp³-hybridized carbons (Fsp3) is 0.294. The number of aromatic nitrogens is 2. The molecule has 0 atom stereocenters. The molecule has 3 rings (SSSR count). The van der Waals surface area contributed by atoms with E-state index in [9.17, 15) is 4.79 Å². The number of nitrogens with zero attached hydrogens (tertiary/aromatic N) is 2. The first-order chi connectivity index (χ1) is 9.94. The van der Waals surface area contributed by atoms with Crippen LogP contribution in [0.3, 0.4) is 0 Å². The van der Waals surface area contributed by atoms with Crippen molar-refractivity contribution in [2.75, 3.05) is 11.9 Å². The lowest BCUT2D eigenvalue weighted by molar-refractivity contribution is 0.442. The van der Waals surface area contributed by atoms with Crippen LogP contribution in [0.2, 0.25) is 0 Å². The zero-order valence-electron chi connectivity index (χ0n) is 12.6. The quantitative estimate of drug-likeness (QED) is 0.733. The molecule has 21 heavy (non-hydrogen) atoms. The van der Waals surface area contributed by atoms with Crippen molar-refractivity contribution < 1.29 is 0 Å². The number of rotatable bonds is 2. The third kappa shape index (κ3) is 2.75. The van der Waals surface area contributed by atoms with Crippen molar-refractivity contribution in [1.82, 2.24) is 9.38 Å². The summed E-state index contributed by atoms with van der Waals surface area (Å²) in [5.74, 6) is 0.631. The second-order valence-electron chi connectivity index (χ2n) is 6.49. The molecule has 0 amide bonds. The fourth-order valence-electron chi connectivity index (χ4n) is 2.27. The van der Waals surface area contributed by atoms with Crippen molar-refractivity contribution in [3.05, 3.63) is 52.9 Å². The van der Waals surface area contributed by atoms with Gasteiger partial charge in [-0.1, -0.05) is 45.0 Å². The van der Waals surface area contributed by atoms with Gasteiger partial charge < -0.3 is 5.32 Å². The van der Waals surface area contributed by atoms with Gasteiger partial charge in [0.15, 0.2) is 0 Å². The fourth-order valence-corrected chi connectivity index (χ4v) is 2.27. The highest BCUT2D eigenvalue weighted by Gasteiger charge is 2.11. The van der Waals surface area contributed by atoms with Crippen LogP contribution in [0.4, 0.5) is 5.82 Å². The van der Waals surface area contributed by atoms with E-state index in [1.807, 2.05) is 30.3 Å². The van der Waals surface area contributed by atoms with Crippen LogP contribution in [-0.4, -0.2) is 15.9 Å². The Morgan fingerprint density at radius 3 is 2.71 bits per heavy atom. The molecule has 1 aromatic carbocycles. The molecule has 0 aliphatic rings. The largest absolute Gasteiger partial charge is 0.369 e. The van der Waals surface area contributed by atoms with Crippen molar-refractivity contribution in [2.24, 2.45) is 5.41 Å². The highest BCUT2D eigenvalue weighted by Crippen LogP contribution is 2.19. The summed E-state index contributed by atoms with van der Waals surface area (Å²) in [4.78, 5) is 16.9. The Kier molecular flexibility index (Phi) is 3.16. The Morgan fingerprint density at radius 1 is 1.19 bits per heavy atom. The van der Waals surface area contributed by atoms with Gasteiger partial charge in [-0.25, -0.2) is 4.98 Å².